The highest BCUT2D eigenvalue weighted by Gasteiger charge is 2.21. The van der Waals surface area contributed by atoms with Crippen LogP contribution in [0.1, 0.15) is 33.6 Å². The summed E-state index contributed by atoms with van der Waals surface area (Å²) in [5.41, 5.74) is 9.97. The highest BCUT2D eigenvalue weighted by molar-refractivity contribution is 5.75. The molecule has 0 saturated carbocycles. The second-order valence-corrected chi connectivity index (χ2v) is 4.57. The number of hydrogen-bond acceptors (Lipinski definition) is 4. The van der Waals surface area contributed by atoms with E-state index in [4.69, 9.17) is 16.2 Å². The van der Waals surface area contributed by atoms with Gasteiger partial charge in [-0.2, -0.15) is 0 Å². The molecule has 0 bridgehead atoms. The summed E-state index contributed by atoms with van der Waals surface area (Å²) in [4.78, 5) is 21.8. The molecular weight excluding hydrogens is 210 g/mol. The monoisotopic (exact) mass is 231 g/mol. The summed E-state index contributed by atoms with van der Waals surface area (Å²) in [5, 5.41) is 2.42. The normalized spacial score (nSPS) is 13.0. The van der Waals surface area contributed by atoms with Gasteiger partial charge in [-0.15, -0.1) is 0 Å². The molecule has 0 aliphatic carbocycles. The summed E-state index contributed by atoms with van der Waals surface area (Å²) >= 11 is 0. The van der Waals surface area contributed by atoms with Crippen LogP contribution in [0.2, 0.25) is 0 Å². The van der Waals surface area contributed by atoms with Crippen LogP contribution in [0.15, 0.2) is 0 Å². The number of hydrogen-bond donors (Lipinski definition) is 3. The van der Waals surface area contributed by atoms with Crippen LogP contribution >= 0.6 is 0 Å². The predicted molar refractivity (Wildman–Crippen MR) is 60.6 cm³/mol. The van der Waals surface area contributed by atoms with Gasteiger partial charge in [-0.05, 0) is 33.6 Å². The Morgan fingerprint density at radius 2 is 1.94 bits per heavy atom. The van der Waals surface area contributed by atoms with Crippen molar-refractivity contribution in [3.8, 4) is 0 Å². The first-order valence-electron chi connectivity index (χ1n) is 5.24. The van der Waals surface area contributed by atoms with E-state index >= 15 is 0 Å². The van der Waals surface area contributed by atoms with Crippen molar-refractivity contribution >= 4 is 12.0 Å². The van der Waals surface area contributed by atoms with Crippen molar-refractivity contribution in [2.45, 2.75) is 45.3 Å². The fourth-order valence-electron chi connectivity index (χ4n) is 1.03. The Morgan fingerprint density at radius 3 is 2.38 bits per heavy atom. The van der Waals surface area contributed by atoms with E-state index in [9.17, 15) is 9.59 Å². The molecule has 5 N–H and O–H groups in total. The SMILES string of the molecule is CC(C)(C)OC(=O)[C@H](N)CCCNC(N)=O. The second-order valence-electron chi connectivity index (χ2n) is 4.57. The molecule has 6 heteroatoms. The van der Waals surface area contributed by atoms with Crippen LogP contribution in [0.25, 0.3) is 0 Å². The molecule has 0 aromatic heterocycles. The summed E-state index contributed by atoms with van der Waals surface area (Å²) in [7, 11) is 0. The van der Waals surface area contributed by atoms with Gasteiger partial charge >= 0.3 is 12.0 Å². The van der Waals surface area contributed by atoms with Crippen molar-refractivity contribution in [3.05, 3.63) is 0 Å². The predicted octanol–water partition coefficient (Wildman–Crippen LogP) is 0.104. The number of nitrogens with one attached hydrogen (secondary N) is 1. The fraction of sp³-hybridized carbons (Fsp3) is 0.800. The number of esters is 1. The summed E-state index contributed by atoms with van der Waals surface area (Å²) < 4.78 is 5.10. The molecule has 0 radical (unpaired) electrons. The summed E-state index contributed by atoms with van der Waals surface area (Å²) in [6, 6.07) is -1.24. The third kappa shape index (κ3) is 8.05. The number of rotatable bonds is 5. The minimum absolute atomic E-state index is 0.409. The Kier molecular flexibility index (Phi) is 5.81. The quantitative estimate of drug-likeness (QED) is 0.461. The van der Waals surface area contributed by atoms with Crippen molar-refractivity contribution in [2.75, 3.05) is 6.54 Å². The van der Waals surface area contributed by atoms with E-state index in [-0.39, 0.29) is 0 Å². The molecule has 0 aromatic rings. The lowest BCUT2D eigenvalue weighted by molar-refractivity contribution is -0.156. The van der Waals surface area contributed by atoms with Crippen LogP contribution < -0.4 is 16.8 Å². The van der Waals surface area contributed by atoms with Crippen molar-refractivity contribution in [1.29, 1.82) is 0 Å². The van der Waals surface area contributed by atoms with E-state index < -0.39 is 23.6 Å². The van der Waals surface area contributed by atoms with Gasteiger partial charge in [0.05, 0.1) is 0 Å². The fourth-order valence-corrected chi connectivity index (χ4v) is 1.03. The Labute approximate surface area is 95.7 Å². The van der Waals surface area contributed by atoms with Gasteiger partial charge < -0.3 is 21.5 Å². The van der Waals surface area contributed by atoms with Crippen LogP contribution in [0.5, 0.6) is 0 Å². The summed E-state index contributed by atoms with van der Waals surface area (Å²) in [6.07, 6.45) is 1.04. The lowest BCUT2D eigenvalue weighted by Gasteiger charge is -2.22. The molecule has 2 amide bonds. The van der Waals surface area contributed by atoms with Crippen LogP contribution in [0, 0.1) is 0 Å². The van der Waals surface area contributed by atoms with E-state index in [1.807, 2.05) is 0 Å². The summed E-state index contributed by atoms with van der Waals surface area (Å²) in [6.45, 7) is 5.76. The minimum Gasteiger partial charge on any atom is -0.459 e. The minimum atomic E-state index is -0.658. The first-order chi connectivity index (χ1) is 7.22. The van der Waals surface area contributed by atoms with Gasteiger partial charge in [-0.1, -0.05) is 0 Å². The molecule has 0 rings (SSSR count). The maximum atomic E-state index is 11.4. The number of urea groups is 1. The average Bonchev–Trinajstić information content (AvgIpc) is 2.08. The van der Waals surface area contributed by atoms with Crippen molar-refractivity contribution in [3.63, 3.8) is 0 Å². The zero-order valence-electron chi connectivity index (χ0n) is 10.1. The van der Waals surface area contributed by atoms with Gasteiger partial charge in [-0.25, -0.2) is 4.79 Å². The van der Waals surface area contributed by atoms with E-state index in [1.54, 1.807) is 20.8 Å². The smallest absolute Gasteiger partial charge is 0.323 e. The maximum Gasteiger partial charge on any atom is 0.323 e. The molecule has 0 spiro atoms. The number of carbonyl (C=O) groups excluding carboxylic acids is 2. The Balaban J connectivity index is 3.76. The largest absolute Gasteiger partial charge is 0.459 e. The molecule has 0 saturated heterocycles. The van der Waals surface area contributed by atoms with Gasteiger partial charge in [0.2, 0.25) is 0 Å². The molecular formula is C10H21N3O3. The molecule has 94 valence electrons. The average molecular weight is 231 g/mol. The Bertz CT molecular complexity index is 248. The Hall–Kier alpha value is -1.30. The molecule has 1 atom stereocenters. The summed E-state index contributed by atoms with van der Waals surface area (Å²) in [5.74, 6) is -0.424. The number of carbonyl (C=O) groups is 2. The maximum absolute atomic E-state index is 11.4. The van der Waals surface area contributed by atoms with E-state index in [0.717, 1.165) is 0 Å². The third-order valence-corrected chi connectivity index (χ3v) is 1.70. The van der Waals surface area contributed by atoms with Crippen LogP contribution in [-0.2, 0) is 9.53 Å². The lowest BCUT2D eigenvalue weighted by atomic mass is 10.1. The molecule has 0 aromatic carbocycles. The third-order valence-electron chi connectivity index (χ3n) is 1.70. The standard InChI is InChI=1S/C10H21N3O3/c1-10(2,3)16-8(14)7(11)5-4-6-13-9(12)15/h7H,4-6,11H2,1-3H3,(H3,12,13,15)/t7-/m1/s1. The van der Waals surface area contributed by atoms with Crippen LogP contribution in [0.4, 0.5) is 4.79 Å². The van der Waals surface area contributed by atoms with Gasteiger partial charge in [0, 0.05) is 6.54 Å². The van der Waals surface area contributed by atoms with Gasteiger partial charge in [0.25, 0.3) is 0 Å². The zero-order chi connectivity index (χ0) is 12.8. The lowest BCUT2D eigenvalue weighted by Crippen LogP contribution is -2.38. The van der Waals surface area contributed by atoms with Gasteiger partial charge in [0.1, 0.15) is 11.6 Å². The highest BCUT2D eigenvalue weighted by atomic mass is 16.6. The molecule has 6 nitrogen and oxygen atoms in total. The number of primary amides is 1. The van der Waals surface area contributed by atoms with Crippen molar-refractivity contribution < 1.29 is 14.3 Å². The van der Waals surface area contributed by atoms with Crippen LogP contribution in [0.3, 0.4) is 0 Å². The molecule has 0 aliphatic rings. The van der Waals surface area contributed by atoms with Gasteiger partial charge in [0.15, 0.2) is 0 Å². The molecule has 0 unspecified atom stereocenters. The van der Waals surface area contributed by atoms with E-state index in [1.165, 1.54) is 0 Å². The van der Waals surface area contributed by atoms with Crippen molar-refractivity contribution in [1.82, 2.24) is 5.32 Å². The first kappa shape index (κ1) is 14.7. The van der Waals surface area contributed by atoms with E-state index in [0.29, 0.717) is 19.4 Å². The van der Waals surface area contributed by atoms with Gasteiger partial charge in [-0.3, -0.25) is 4.79 Å². The number of ether oxygens (including phenoxy) is 1. The molecule has 0 fully saturated rings. The Morgan fingerprint density at radius 1 is 1.38 bits per heavy atom. The number of nitrogens with two attached hydrogens (primary N) is 2. The molecule has 0 heterocycles. The van der Waals surface area contributed by atoms with E-state index in [2.05, 4.69) is 5.32 Å². The molecule has 16 heavy (non-hydrogen) atoms. The van der Waals surface area contributed by atoms with Crippen LogP contribution in [-0.4, -0.2) is 30.2 Å². The van der Waals surface area contributed by atoms with Crippen molar-refractivity contribution in [2.24, 2.45) is 11.5 Å². The molecule has 0 aliphatic heterocycles. The first-order valence-corrected chi connectivity index (χ1v) is 5.24. The highest BCUT2D eigenvalue weighted by Crippen LogP contribution is 2.09. The number of amides is 2. The zero-order valence-corrected chi connectivity index (χ0v) is 10.1. The second kappa shape index (κ2) is 6.32. The topological polar surface area (TPSA) is 107 Å².